The van der Waals surface area contributed by atoms with Crippen LogP contribution >= 0.6 is 0 Å². The summed E-state index contributed by atoms with van der Waals surface area (Å²) in [4.78, 5) is 0. The van der Waals surface area contributed by atoms with Crippen LogP contribution in [0.1, 0.15) is 29.5 Å². The summed E-state index contributed by atoms with van der Waals surface area (Å²) in [5.41, 5.74) is 3.28. The lowest BCUT2D eigenvalue weighted by atomic mass is 9.89. The Hall–Kier alpha value is -1.02. The van der Waals surface area contributed by atoms with Crippen LogP contribution in [0.15, 0.2) is 12.1 Å². The summed E-state index contributed by atoms with van der Waals surface area (Å²) >= 11 is 0. The van der Waals surface area contributed by atoms with Gasteiger partial charge in [0, 0.05) is 6.61 Å². The Balaban J connectivity index is 2.38. The zero-order valence-electron chi connectivity index (χ0n) is 8.29. The van der Waals surface area contributed by atoms with Crippen LogP contribution in [0.3, 0.4) is 0 Å². The molecule has 2 heteroatoms. The minimum atomic E-state index is 0.104. The van der Waals surface area contributed by atoms with E-state index in [9.17, 15) is 5.11 Å². The van der Waals surface area contributed by atoms with Gasteiger partial charge in [-0.1, -0.05) is 12.1 Å². The number of fused-ring (bicyclic) bond motifs is 1. The molecule has 0 radical (unpaired) electrons. The van der Waals surface area contributed by atoms with Gasteiger partial charge in [-0.3, -0.25) is 0 Å². The van der Waals surface area contributed by atoms with Gasteiger partial charge in [-0.15, -0.1) is 0 Å². The van der Waals surface area contributed by atoms with Gasteiger partial charge >= 0.3 is 0 Å². The lowest BCUT2D eigenvalue weighted by Crippen LogP contribution is -2.04. The van der Waals surface area contributed by atoms with Gasteiger partial charge in [-0.05, 0) is 48.8 Å². The number of phenolic OH excluding ortho intramolecular Hbond substituents is 1. The Labute approximate surface area is 84.2 Å². The van der Waals surface area contributed by atoms with Crippen LogP contribution in [0.5, 0.6) is 5.75 Å². The Kier molecular flexibility index (Phi) is 2.73. The molecule has 1 aromatic carbocycles. The Morgan fingerprint density at radius 3 is 2.71 bits per heavy atom. The number of aliphatic hydroxyl groups is 1. The van der Waals surface area contributed by atoms with E-state index in [2.05, 4.69) is 6.07 Å². The first-order valence-corrected chi connectivity index (χ1v) is 5.26. The molecular formula is C12H16O2. The van der Waals surface area contributed by atoms with Gasteiger partial charge in [0.15, 0.2) is 0 Å². The summed E-state index contributed by atoms with van der Waals surface area (Å²) in [7, 11) is 0. The summed E-state index contributed by atoms with van der Waals surface area (Å²) < 4.78 is 0. The average molecular weight is 192 g/mol. The van der Waals surface area contributed by atoms with Gasteiger partial charge < -0.3 is 10.2 Å². The highest BCUT2D eigenvalue weighted by Gasteiger charge is 2.15. The zero-order chi connectivity index (χ0) is 9.97. The third kappa shape index (κ3) is 1.62. The average Bonchev–Trinajstić information content (AvgIpc) is 2.23. The number of rotatable bonds is 2. The lowest BCUT2D eigenvalue weighted by Gasteiger charge is -2.18. The van der Waals surface area contributed by atoms with Crippen LogP contribution in [-0.4, -0.2) is 16.8 Å². The number of aromatic hydroxyl groups is 1. The van der Waals surface area contributed by atoms with Crippen molar-refractivity contribution in [2.24, 2.45) is 0 Å². The minimum Gasteiger partial charge on any atom is -0.507 e. The van der Waals surface area contributed by atoms with E-state index < -0.39 is 0 Å². The Morgan fingerprint density at radius 1 is 1.14 bits per heavy atom. The van der Waals surface area contributed by atoms with E-state index in [4.69, 9.17) is 5.11 Å². The molecule has 2 rings (SSSR count). The maximum atomic E-state index is 9.95. The zero-order valence-corrected chi connectivity index (χ0v) is 8.29. The molecule has 14 heavy (non-hydrogen) atoms. The number of phenols is 1. The highest BCUT2D eigenvalue weighted by atomic mass is 16.3. The molecule has 0 spiro atoms. The first-order valence-electron chi connectivity index (χ1n) is 5.26. The predicted molar refractivity (Wildman–Crippen MR) is 55.5 cm³/mol. The molecule has 76 valence electrons. The summed E-state index contributed by atoms with van der Waals surface area (Å²) in [6.45, 7) is 0.104. The van der Waals surface area contributed by atoms with Crippen LogP contribution in [0, 0.1) is 0 Å². The molecule has 0 amide bonds. The van der Waals surface area contributed by atoms with Crippen molar-refractivity contribution < 1.29 is 10.2 Å². The quantitative estimate of drug-likeness (QED) is 0.750. The number of benzene rings is 1. The number of aryl methyl sites for hydroxylation is 1. The lowest BCUT2D eigenvalue weighted by molar-refractivity contribution is 0.297. The first-order chi connectivity index (χ1) is 6.83. The van der Waals surface area contributed by atoms with E-state index in [1.807, 2.05) is 6.07 Å². The molecule has 0 saturated heterocycles. The monoisotopic (exact) mass is 192 g/mol. The first kappa shape index (κ1) is 9.53. The molecule has 1 aromatic rings. The molecule has 0 unspecified atom stereocenters. The maximum absolute atomic E-state index is 9.95. The van der Waals surface area contributed by atoms with E-state index in [0.29, 0.717) is 12.2 Å². The molecule has 2 N–H and O–H groups in total. The second kappa shape index (κ2) is 4.01. The van der Waals surface area contributed by atoms with Gasteiger partial charge in [0.25, 0.3) is 0 Å². The van der Waals surface area contributed by atoms with Crippen molar-refractivity contribution in [2.75, 3.05) is 6.61 Å². The van der Waals surface area contributed by atoms with E-state index in [1.165, 1.54) is 18.4 Å². The molecule has 0 saturated carbocycles. The van der Waals surface area contributed by atoms with Crippen molar-refractivity contribution in [3.63, 3.8) is 0 Å². The molecule has 0 atom stereocenters. The maximum Gasteiger partial charge on any atom is 0.122 e. The van der Waals surface area contributed by atoms with Crippen LogP contribution in [0.25, 0.3) is 0 Å². The van der Waals surface area contributed by atoms with Gasteiger partial charge in [0.2, 0.25) is 0 Å². The number of hydrogen-bond donors (Lipinski definition) is 2. The fourth-order valence-corrected chi connectivity index (χ4v) is 2.18. The van der Waals surface area contributed by atoms with Crippen molar-refractivity contribution in [3.8, 4) is 5.75 Å². The van der Waals surface area contributed by atoms with Crippen molar-refractivity contribution in [2.45, 2.75) is 32.1 Å². The summed E-state index contributed by atoms with van der Waals surface area (Å²) in [5.74, 6) is 0.427. The third-order valence-corrected chi connectivity index (χ3v) is 2.97. The third-order valence-electron chi connectivity index (χ3n) is 2.97. The second-order valence-electron chi connectivity index (χ2n) is 3.89. The topological polar surface area (TPSA) is 40.5 Å². The highest BCUT2D eigenvalue weighted by molar-refractivity contribution is 5.46. The van der Waals surface area contributed by atoms with Crippen LogP contribution < -0.4 is 0 Å². The van der Waals surface area contributed by atoms with E-state index in [-0.39, 0.29) is 6.61 Å². The van der Waals surface area contributed by atoms with Gasteiger partial charge in [-0.2, -0.15) is 0 Å². The van der Waals surface area contributed by atoms with Gasteiger partial charge in [0.05, 0.1) is 0 Å². The molecule has 1 aliphatic carbocycles. The second-order valence-corrected chi connectivity index (χ2v) is 3.89. The van der Waals surface area contributed by atoms with Gasteiger partial charge in [-0.25, -0.2) is 0 Å². The van der Waals surface area contributed by atoms with E-state index in [1.54, 1.807) is 0 Å². The normalized spacial score (nSPS) is 15.2. The van der Waals surface area contributed by atoms with Crippen molar-refractivity contribution >= 4 is 0 Å². The largest absolute Gasteiger partial charge is 0.507 e. The van der Waals surface area contributed by atoms with E-state index in [0.717, 1.165) is 24.0 Å². The fraction of sp³-hybridized carbons (Fsp3) is 0.500. The molecular weight excluding hydrogens is 176 g/mol. The van der Waals surface area contributed by atoms with Gasteiger partial charge in [0.1, 0.15) is 5.75 Å². The smallest absolute Gasteiger partial charge is 0.122 e. The Bertz CT molecular complexity index is 331. The van der Waals surface area contributed by atoms with E-state index >= 15 is 0 Å². The summed E-state index contributed by atoms with van der Waals surface area (Å²) in [5, 5.41) is 18.8. The summed E-state index contributed by atoms with van der Waals surface area (Å²) in [6.07, 6.45) is 5.02. The molecule has 0 aromatic heterocycles. The molecule has 0 aliphatic heterocycles. The Morgan fingerprint density at radius 2 is 1.93 bits per heavy atom. The molecule has 1 aliphatic rings. The minimum absolute atomic E-state index is 0.104. The number of aliphatic hydroxyl groups excluding tert-OH is 1. The van der Waals surface area contributed by atoms with Crippen molar-refractivity contribution in [1.82, 2.24) is 0 Å². The fourth-order valence-electron chi connectivity index (χ4n) is 2.18. The van der Waals surface area contributed by atoms with Crippen LogP contribution in [0.4, 0.5) is 0 Å². The molecule has 2 nitrogen and oxygen atoms in total. The molecule has 0 fully saturated rings. The standard InChI is InChI=1S/C12H16O2/c13-8-7-10-6-5-9-3-1-2-4-11(9)12(10)14/h5-6,13-14H,1-4,7-8H2. The SMILES string of the molecule is OCCc1ccc2c(c1O)CCCC2. The van der Waals surface area contributed by atoms with Crippen molar-refractivity contribution in [1.29, 1.82) is 0 Å². The van der Waals surface area contributed by atoms with Crippen LogP contribution in [-0.2, 0) is 19.3 Å². The molecule has 0 bridgehead atoms. The summed E-state index contributed by atoms with van der Waals surface area (Å²) in [6, 6.07) is 4.04. The highest BCUT2D eigenvalue weighted by Crippen LogP contribution is 2.31. The van der Waals surface area contributed by atoms with Crippen molar-refractivity contribution in [3.05, 3.63) is 28.8 Å². The molecule has 0 heterocycles. The predicted octanol–water partition coefficient (Wildman–Crippen LogP) is 1.81. The number of hydrogen-bond acceptors (Lipinski definition) is 2. The van der Waals surface area contributed by atoms with Crippen LogP contribution in [0.2, 0.25) is 0 Å².